The van der Waals surface area contributed by atoms with E-state index in [4.69, 9.17) is 11.0 Å². The van der Waals surface area contributed by atoms with Crippen LogP contribution in [0.15, 0.2) is 0 Å². The number of carbonyl (C=O) groups is 1. The summed E-state index contributed by atoms with van der Waals surface area (Å²) in [5.74, 6) is -0.239. The summed E-state index contributed by atoms with van der Waals surface area (Å²) in [6, 6.07) is 2.00. The topological polar surface area (TPSA) is 78.9 Å². The van der Waals surface area contributed by atoms with E-state index in [-0.39, 0.29) is 17.9 Å². The van der Waals surface area contributed by atoms with Crippen LogP contribution in [0.2, 0.25) is 0 Å². The van der Waals surface area contributed by atoms with Crippen LogP contribution in [0, 0.1) is 17.2 Å². The van der Waals surface area contributed by atoms with Gasteiger partial charge in [-0.3, -0.25) is 4.79 Å². The van der Waals surface area contributed by atoms with Crippen LogP contribution in [-0.4, -0.2) is 18.5 Å². The third-order valence-corrected chi connectivity index (χ3v) is 1.98. The number of hydrogen-bond donors (Lipinski definition) is 2. The quantitative estimate of drug-likeness (QED) is 0.647. The normalized spacial score (nSPS) is 14.3. The molecule has 0 saturated heterocycles. The van der Waals surface area contributed by atoms with Crippen molar-refractivity contribution < 1.29 is 4.79 Å². The Morgan fingerprint density at radius 3 is 2.69 bits per heavy atom. The Kier molecular flexibility index (Phi) is 5.90. The van der Waals surface area contributed by atoms with E-state index in [1.165, 1.54) is 0 Å². The van der Waals surface area contributed by atoms with Gasteiger partial charge in [-0.1, -0.05) is 13.8 Å². The molecule has 0 aliphatic rings. The van der Waals surface area contributed by atoms with E-state index in [9.17, 15) is 4.79 Å². The van der Waals surface area contributed by atoms with Gasteiger partial charge in [-0.05, 0) is 6.42 Å². The molecule has 2 unspecified atom stereocenters. The van der Waals surface area contributed by atoms with Crippen LogP contribution in [0.3, 0.4) is 0 Å². The second-order valence-electron chi connectivity index (χ2n) is 3.11. The summed E-state index contributed by atoms with van der Waals surface area (Å²) < 4.78 is 0. The van der Waals surface area contributed by atoms with Crippen LogP contribution >= 0.6 is 0 Å². The molecule has 0 spiro atoms. The Labute approximate surface area is 79.1 Å². The Morgan fingerprint density at radius 1 is 1.69 bits per heavy atom. The van der Waals surface area contributed by atoms with E-state index in [0.717, 1.165) is 6.42 Å². The number of amides is 1. The number of nitriles is 1. The summed E-state index contributed by atoms with van der Waals surface area (Å²) in [6.45, 7) is 4.05. The third kappa shape index (κ3) is 4.48. The molecule has 0 fully saturated rings. The molecule has 0 radical (unpaired) electrons. The fourth-order valence-electron chi connectivity index (χ4n) is 0.858. The van der Waals surface area contributed by atoms with Crippen LogP contribution in [0.4, 0.5) is 0 Å². The van der Waals surface area contributed by atoms with Crippen molar-refractivity contribution in [3.63, 3.8) is 0 Å². The van der Waals surface area contributed by atoms with Gasteiger partial charge in [0, 0.05) is 18.5 Å². The molecule has 2 atom stereocenters. The number of nitrogens with zero attached hydrogens (tertiary/aromatic N) is 1. The zero-order chi connectivity index (χ0) is 10.3. The molecule has 0 aromatic heterocycles. The van der Waals surface area contributed by atoms with E-state index >= 15 is 0 Å². The lowest BCUT2D eigenvalue weighted by atomic mass is 10.1. The van der Waals surface area contributed by atoms with Crippen molar-refractivity contribution >= 4 is 5.91 Å². The first-order valence-corrected chi connectivity index (χ1v) is 4.53. The molecular weight excluding hydrogens is 166 g/mol. The van der Waals surface area contributed by atoms with Crippen molar-refractivity contribution in [1.29, 1.82) is 5.26 Å². The highest BCUT2D eigenvalue weighted by Gasteiger charge is 2.14. The lowest BCUT2D eigenvalue weighted by molar-refractivity contribution is -0.124. The van der Waals surface area contributed by atoms with Crippen molar-refractivity contribution in [3.05, 3.63) is 0 Å². The molecule has 0 bridgehead atoms. The second kappa shape index (κ2) is 6.44. The summed E-state index contributed by atoms with van der Waals surface area (Å²) >= 11 is 0. The first-order valence-electron chi connectivity index (χ1n) is 4.53. The van der Waals surface area contributed by atoms with E-state index < -0.39 is 0 Å². The van der Waals surface area contributed by atoms with Crippen molar-refractivity contribution in [2.75, 3.05) is 6.54 Å². The van der Waals surface area contributed by atoms with Gasteiger partial charge < -0.3 is 11.1 Å². The number of nitrogens with two attached hydrogens (primary N) is 1. The van der Waals surface area contributed by atoms with Crippen molar-refractivity contribution in [2.24, 2.45) is 11.7 Å². The van der Waals surface area contributed by atoms with Crippen molar-refractivity contribution in [1.82, 2.24) is 5.32 Å². The first kappa shape index (κ1) is 11.9. The van der Waals surface area contributed by atoms with Gasteiger partial charge >= 0.3 is 0 Å². The first-order chi connectivity index (χ1) is 6.15. The monoisotopic (exact) mass is 183 g/mol. The molecule has 3 N–H and O–H groups in total. The summed E-state index contributed by atoms with van der Waals surface area (Å²) in [5.41, 5.74) is 5.34. The average Bonchev–Trinajstić information content (AvgIpc) is 2.15. The number of nitrogens with one attached hydrogen (secondary N) is 1. The Morgan fingerprint density at radius 2 is 2.31 bits per heavy atom. The minimum atomic E-state index is -0.173. The Bertz CT molecular complexity index is 198. The number of carbonyl (C=O) groups excluding carboxylic acids is 1. The molecule has 74 valence electrons. The summed E-state index contributed by atoms with van der Waals surface area (Å²) in [4.78, 5) is 11.3. The molecule has 0 aliphatic heterocycles. The maximum Gasteiger partial charge on any atom is 0.224 e. The molecule has 4 nitrogen and oxygen atoms in total. The molecule has 0 aromatic rings. The van der Waals surface area contributed by atoms with Crippen LogP contribution in [-0.2, 0) is 4.79 Å². The second-order valence-corrected chi connectivity index (χ2v) is 3.11. The highest BCUT2D eigenvalue weighted by atomic mass is 16.1. The fraction of sp³-hybridized carbons (Fsp3) is 0.778. The van der Waals surface area contributed by atoms with Gasteiger partial charge in [0.2, 0.25) is 5.91 Å². The minimum absolute atomic E-state index is 0.0356. The van der Waals surface area contributed by atoms with E-state index in [1.807, 2.05) is 13.0 Å². The van der Waals surface area contributed by atoms with Gasteiger partial charge in [0.15, 0.2) is 0 Å². The van der Waals surface area contributed by atoms with Gasteiger partial charge in [0.25, 0.3) is 0 Å². The standard InChI is InChI=1S/C9H17N3O/c1-3-8(4-5-10)12-9(13)7(2)6-11/h7-8H,3-4,6,11H2,1-2H3,(H,12,13). The van der Waals surface area contributed by atoms with Crippen LogP contribution in [0.5, 0.6) is 0 Å². The number of rotatable bonds is 5. The predicted molar refractivity (Wildman–Crippen MR) is 50.7 cm³/mol. The zero-order valence-electron chi connectivity index (χ0n) is 8.21. The van der Waals surface area contributed by atoms with Gasteiger partial charge in [-0.2, -0.15) is 5.26 Å². The maximum atomic E-state index is 11.3. The summed E-state index contributed by atoms with van der Waals surface area (Å²) in [5, 5.41) is 11.2. The molecule has 0 heterocycles. The van der Waals surface area contributed by atoms with Gasteiger partial charge in [-0.25, -0.2) is 0 Å². The highest BCUT2D eigenvalue weighted by Crippen LogP contribution is 1.99. The molecule has 13 heavy (non-hydrogen) atoms. The molecule has 4 heteroatoms. The molecular formula is C9H17N3O. The predicted octanol–water partition coefficient (Wildman–Crippen LogP) is 0.390. The largest absolute Gasteiger partial charge is 0.352 e. The molecule has 0 aliphatic carbocycles. The lowest BCUT2D eigenvalue weighted by Gasteiger charge is -2.16. The third-order valence-electron chi connectivity index (χ3n) is 1.98. The van der Waals surface area contributed by atoms with Gasteiger partial charge in [0.1, 0.15) is 0 Å². The van der Waals surface area contributed by atoms with E-state index in [2.05, 4.69) is 5.32 Å². The van der Waals surface area contributed by atoms with Crippen LogP contribution < -0.4 is 11.1 Å². The fourth-order valence-corrected chi connectivity index (χ4v) is 0.858. The molecule has 0 rings (SSSR count). The average molecular weight is 183 g/mol. The Balaban J connectivity index is 3.94. The smallest absolute Gasteiger partial charge is 0.224 e. The maximum absolute atomic E-state index is 11.3. The zero-order valence-corrected chi connectivity index (χ0v) is 8.21. The van der Waals surface area contributed by atoms with Crippen LogP contribution in [0.1, 0.15) is 26.7 Å². The minimum Gasteiger partial charge on any atom is -0.352 e. The molecule has 0 aromatic carbocycles. The van der Waals surface area contributed by atoms with Crippen molar-refractivity contribution in [2.45, 2.75) is 32.7 Å². The van der Waals surface area contributed by atoms with Crippen molar-refractivity contribution in [3.8, 4) is 6.07 Å². The summed E-state index contributed by atoms with van der Waals surface area (Å²) in [7, 11) is 0. The van der Waals surface area contributed by atoms with Crippen LogP contribution in [0.25, 0.3) is 0 Å². The molecule has 0 saturated carbocycles. The lowest BCUT2D eigenvalue weighted by Crippen LogP contribution is -2.39. The number of hydrogen-bond acceptors (Lipinski definition) is 3. The van der Waals surface area contributed by atoms with Gasteiger partial charge in [-0.15, -0.1) is 0 Å². The van der Waals surface area contributed by atoms with E-state index in [1.54, 1.807) is 6.92 Å². The van der Waals surface area contributed by atoms with E-state index in [0.29, 0.717) is 13.0 Å². The summed E-state index contributed by atoms with van der Waals surface area (Å²) in [6.07, 6.45) is 1.14. The Hall–Kier alpha value is -1.08. The van der Waals surface area contributed by atoms with Gasteiger partial charge in [0.05, 0.1) is 12.5 Å². The SMILES string of the molecule is CCC(CC#N)NC(=O)C(C)CN. The highest BCUT2D eigenvalue weighted by molar-refractivity contribution is 5.78. The molecule has 1 amide bonds.